The number of rotatable bonds is 5. The molecule has 0 bridgehead atoms. The second-order valence-corrected chi connectivity index (χ2v) is 7.29. The fraction of sp³-hybridized carbons (Fsp3) is 0.348. The van der Waals surface area contributed by atoms with Gasteiger partial charge in [-0.3, -0.25) is 4.99 Å². The van der Waals surface area contributed by atoms with Crippen molar-refractivity contribution in [1.82, 2.24) is 10.2 Å². The minimum absolute atomic E-state index is 0. The molecule has 1 N–H and O–H groups in total. The molecule has 0 saturated carbocycles. The molecule has 0 spiro atoms. The van der Waals surface area contributed by atoms with E-state index in [-0.39, 0.29) is 30.1 Å². The average Bonchev–Trinajstić information content (AvgIpc) is 3.35. The van der Waals surface area contributed by atoms with Gasteiger partial charge in [0.05, 0.1) is 12.6 Å². The maximum atomic E-state index is 6.00. The summed E-state index contributed by atoms with van der Waals surface area (Å²) in [6.07, 6.45) is 1.20. The number of hydrogen-bond donors (Lipinski definition) is 1. The number of ether oxygens (including phenoxy) is 1. The third-order valence-corrected chi connectivity index (χ3v) is 5.31. The van der Waals surface area contributed by atoms with Crippen LogP contribution in [-0.4, -0.2) is 38.1 Å². The maximum Gasteiger partial charge on any atom is 0.193 e. The van der Waals surface area contributed by atoms with Crippen LogP contribution < -0.4 is 5.32 Å². The summed E-state index contributed by atoms with van der Waals surface area (Å²) in [4.78, 5) is 6.53. The van der Waals surface area contributed by atoms with Crippen LogP contribution in [0.15, 0.2) is 70.1 Å². The van der Waals surface area contributed by atoms with Gasteiger partial charge in [-0.25, -0.2) is 0 Å². The second-order valence-electron chi connectivity index (χ2n) is 7.29. The summed E-state index contributed by atoms with van der Waals surface area (Å²) in [6.45, 7) is 2.30. The zero-order valence-corrected chi connectivity index (χ0v) is 19.2. The number of hydrogen-bond acceptors (Lipinski definition) is 3. The van der Waals surface area contributed by atoms with E-state index >= 15 is 0 Å². The zero-order chi connectivity index (χ0) is 19.3. The lowest BCUT2D eigenvalue weighted by atomic mass is 9.95. The van der Waals surface area contributed by atoms with Crippen molar-refractivity contribution in [3.8, 4) is 0 Å². The molecular weight excluding hydrogens is 477 g/mol. The molecule has 1 aliphatic heterocycles. The van der Waals surface area contributed by atoms with Crippen molar-refractivity contribution >= 4 is 40.9 Å². The lowest BCUT2D eigenvalue weighted by molar-refractivity contribution is 0.0913. The Morgan fingerprint density at radius 3 is 2.66 bits per heavy atom. The van der Waals surface area contributed by atoms with E-state index in [1.807, 2.05) is 38.4 Å². The third-order valence-electron chi connectivity index (χ3n) is 5.31. The van der Waals surface area contributed by atoms with Crippen molar-refractivity contribution in [2.45, 2.75) is 19.1 Å². The van der Waals surface area contributed by atoms with Crippen molar-refractivity contribution in [2.75, 3.05) is 27.2 Å². The first kappa shape index (κ1) is 21.6. The molecule has 1 aliphatic rings. The summed E-state index contributed by atoms with van der Waals surface area (Å²) in [5, 5.41) is 4.65. The van der Waals surface area contributed by atoms with Crippen LogP contribution in [0, 0.1) is 5.92 Å². The van der Waals surface area contributed by atoms with Gasteiger partial charge in [-0.05, 0) is 24.1 Å². The number of fused-ring (bicyclic) bond motifs is 1. The van der Waals surface area contributed by atoms with Crippen molar-refractivity contribution < 1.29 is 9.15 Å². The molecule has 4 rings (SSSR count). The number of para-hydroxylation sites is 1. The van der Waals surface area contributed by atoms with Crippen molar-refractivity contribution in [3.63, 3.8) is 0 Å². The number of nitrogens with zero attached hydrogens (tertiary/aromatic N) is 2. The van der Waals surface area contributed by atoms with E-state index in [0.29, 0.717) is 12.5 Å². The summed E-state index contributed by atoms with van der Waals surface area (Å²) in [6, 6.07) is 20.6. The van der Waals surface area contributed by atoms with Gasteiger partial charge in [0, 0.05) is 38.6 Å². The Morgan fingerprint density at radius 1 is 1.14 bits per heavy atom. The molecule has 2 heterocycles. The largest absolute Gasteiger partial charge is 0.459 e. The van der Waals surface area contributed by atoms with Gasteiger partial charge in [0.15, 0.2) is 5.96 Å². The predicted molar refractivity (Wildman–Crippen MR) is 128 cm³/mol. The summed E-state index contributed by atoms with van der Waals surface area (Å²) in [5.41, 5.74) is 2.17. The second kappa shape index (κ2) is 10.1. The van der Waals surface area contributed by atoms with Crippen LogP contribution in [0.5, 0.6) is 0 Å². The normalized spacial score (nSPS) is 19.2. The molecule has 0 radical (unpaired) electrons. The average molecular weight is 505 g/mol. The highest BCUT2D eigenvalue weighted by molar-refractivity contribution is 14.0. The van der Waals surface area contributed by atoms with Crippen molar-refractivity contribution in [1.29, 1.82) is 0 Å². The molecule has 29 heavy (non-hydrogen) atoms. The first-order valence-corrected chi connectivity index (χ1v) is 9.80. The van der Waals surface area contributed by atoms with Gasteiger partial charge in [0.1, 0.15) is 11.3 Å². The van der Waals surface area contributed by atoms with E-state index in [2.05, 4.69) is 51.6 Å². The van der Waals surface area contributed by atoms with Crippen LogP contribution in [0.3, 0.4) is 0 Å². The molecule has 3 aromatic rings. The van der Waals surface area contributed by atoms with E-state index in [9.17, 15) is 0 Å². The van der Waals surface area contributed by atoms with Crippen LogP contribution >= 0.6 is 24.0 Å². The van der Waals surface area contributed by atoms with Gasteiger partial charge >= 0.3 is 0 Å². The molecule has 6 heteroatoms. The number of halogens is 1. The monoisotopic (exact) mass is 505 g/mol. The van der Waals surface area contributed by atoms with Gasteiger partial charge < -0.3 is 19.4 Å². The summed E-state index contributed by atoms with van der Waals surface area (Å²) < 4.78 is 11.9. The molecule has 2 aromatic carbocycles. The van der Waals surface area contributed by atoms with Crippen LogP contribution in [0.2, 0.25) is 0 Å². The van der Waals surface area contributed by atoms with E-state index in [1.54, 1.807) is 0 Å². The van der Waals surface area contributed by atoms with Gasteiger partial charge in [0.2, 0.25) is 0 Å². The molecule has 2 atom stereocenters. The molecule has 2 unspecified atom stereocenters. The topological polar surface area (TPSA) is 50.0 Å². The van der Waals surface area contributed by atoms with Crippen LogP contribution in [-0.2, 0) is 11.3 Å². The Balaban J connectivity index is 0.00000240. The maximum absolute atomic E-state index is 6.00. The minimum atomic E-state index is 0. The molecule has 1 saturated heterocycles. The van der Waals surface area contributed by atoms with Gasteiger partial charge in [-0.2, -0.15) is 0 Å². The lowest BCUT2D eigenvalue weighted by Gasteiger charge is -2.24. The molecule has 0 aliphatic carbocycles. The van der Waals surface area contributed by atoms with Gasteiger partial charge in [0.25, 0.3) is 0 Å². The Hall–Kier alpha value is -2.06. The third kappa shape index (κ3) is 5.11. The molecule has 154 valence electrons. The van der Waals surface area contributed by atoms with E-state index in [0.717, 1.165) is 42.3 Å². The highest BCUT2D eigenvalue weighted by atomic mass is 127. The Labute approximate surface area is 189 Å². The summed E-state index contributed by atoms with van der Waals surface area (Å²) in [7, 11) is 3.85. The van der Waals surface area contributed by atoms with Gasteiger partial charge in [-0.15, -0.1) is 24.0 Å². The SMILES string of the molecule is CN=C(NCC1CCOC1c1ccccc1)N(C)Cc1cc2ccccc2o1.I. The molecule has 5 nitrogen and oxygen atoms in total. The van der Waals surface area contributed by atoms with Crippen LogP contribution in [0.1, 0.15) is 23.8 Å². The molecule has 1 fully saturated rings. The van der Waals surface area contributed by atoms with Gasteiger partial charge in [-0.1, -0.05) is 48.5 Å². The first-order valence-electron chi connectivity index (χ1n) is 9.80. The fourth-order valence-corrected chi connectivity index (χ4v) is 3.88. The predicted octanol–water partition coefficient (Wildman–Crippen LogP) is 4.84. The Bertz CT molecular complexity index is 908. The number of aliphatic imine (C=N–C) groups is 1. The molecule has 1 aromatic heterocycles. The number of guanidine groups is 1. The fourth-order valence-electron chi connectivity index (χ4n) is 3.88. The number of nitrogens with one attached hydrogen (secondary N) is 1. The molecule has 0 amide bonds. The molecular formula is C23H28IN3O2. The highest BCUT2D eigenvalue weighted by Gasteiger charge is 2.29. The first-order chi connectivity index (χ1) is 13.7. The Morgan fingerprint density at radius 2 is 1.90 bits per heavy atom. The lowest BCUT2D eigenvalue weighted by Crippen LogP contribution is -2.41. The van der Waals surface area contributed by atoms with Crippen LogP contribution in [0.25, 0.3) is 11.0 Å². The van der Waals surface area contributed by atoms with E-state index in [4.69, 9.17) is 9.15 Å². The van der Waals surface area contributed by atoms with E-state index < -0.39 is 0 Å². The van der Waals surface area contributed by atoms with Crippen molar-refractivity contribution in [2.24, 2.45) is 10.9 Å². The summed E-state index contributed by atoms with van der Waals surface area (Å²) >= 11 is 0. The minimum Gasteiger partial charge on any atom is -0.459 e. The van der Waals surface area contributed by atoms with E-state index in [1.165, 1.54) is 5.56 Å². The quantitative estimate of drug-likeness (QED) is 0.307. The smallest absolute Gasteiger partial charge is 0.193 e. The highest BCUT2D eigenvalue weighted by Crippen LogP contribution is 2.33. The van der Waals surface area contributed by atoms with Crippen LogP contribution in [0.4, 0.5) is 0 Å². The number of benzene rings is 2. The van der Waals surface area contributed by atoms with Crippen molar-refractivity contribution in [3.05, 3.63) is 72.0 Å². The summed E-state index contributed by atoms with van der Waals surface area (Å²) in [5.74, 6) is 2.22. The standard InChI is InChI=1S/C23H27N3O2.HI/c1-24-23(26(2)16-20-14-18-10-6-7-11-21(18)28-20)25-15-19-12-13-27-22(19)17-8-4-3-5-9-17;/h3-11,14,19,22H,12-13,15-16H2,1-2H3,(H,24,25);1H. The number of furan rings is 1. The zero-order valence-electron chi connectivity index (χ0n) is 16.9. The Kier molecular flexibility index (Phi) is 7.55.